The zero-order chi connectivity index (χ0) is 18.9. The minimum atomic E-state index is -0.131. The van der Waals surface area contributed by atoms with Crippen molar-refractivity contribution in [3.8, 4) is 11.1 Å². The second-order valence-corrected chi connectivity index (χ2v) is 6.66. The number of aromatic nitrogens is 4. The van der Waals surface area contributed by atoms with Crippen LogP contribution in [0, 0.1) is 0 Å². The van der Waals surface area contributed by atoms with Crippen LogP contribution < -0.4 is 5.56 Å². The fourth-order valence-corrected chi connectivity index (χ4v) is 3.33. The molecule has 5 nitrogen and oxygen atoms in total. The number of fused-ring (bicyclic) bond motifs is 2. The number of nitrogens with zero attached hydrogens (tertiary/aromatic N) is 4. The highest BCUT2D eigenvalue weighted by atomic mass is 16.1. The van der Waals surface area contributed by atoms with Crippen LogP contribution in [-0.2, 0) is 6.54 Å². The molecule has 5 aromatic rings. The van der Waals surface area contributed by atoms with Crippen molar-refractivity contribution in [3.63, 3.8) is 0 Å². The van der Waals surface area contributed by atoms with Gasteiger partial charge in [0.15, 0.2) is 5.52 Å². The molecule has 0 aliphatic heterocycles. The highest BCUT2D eigenvalue weighted by Gasteiger charge is 2.06. The van der Waals surface area contributed by atoms with Gasteiger partial charge in [-0.15, -0.1) is 0 Å². The number of benzene rings is 2. The van der Waals surface area contributed by atoms with Crippen molar-refractivity contribution in [3.05, 3.63) is 101 Å². The van der Waals surface area contributed by atoms with Crippen LogP contribution in [0.3, 0.4) is 0 Å². The number of hydrogen-bond donors (Lipinski definition) is 0. The Kier molecular flexibility index (Phi) is 3.91. The van der Waals surface area contributed by atoms with E-state index in [1.807, 2.05) is 36.5 Å². The summed E-state index contributed by atoms with van der Waals surface area (Å²) in [4.78, 5) is 25.6. The molecular weight excluding hydrogens is 348 g/mol. The van der Waals surface area contributed by atoms with E-state index in [2.05, 4.69) is 39.2 Å². The molecule has 134 valence electrons. The Morgan fingerprint density at radius 3 is 2.50 bits per heavy atom. The van der Waals surface area contributed by atoms with Gasteiger partial charge < -0.3 is 0 Å². The Labute approximate surface area is 161 Å². The molecule has 0 saturated carbocycles. The SMILES string of the molecule is O=c1c2ncccc2ncn1Cc1ccc(-c2cnc3ccccc3c2)cc1. The molecule has 0 amide bonds. The molecule has 0 spiro atoms. The first-order chi connectivity index (χ1) is 13.8. The van der Waals surface area contributed by atoms with Crippen LogP contribution in [0.25, 0.3) is 33.1 Å². The first-order valence-corrected chi connectivity index (χ1v) is 9.02. The summed E-state index contributed by atoms with van der Waals surface area (Å²) in [5, 5.41) is 1.12. The second kappa shape index (κ2) is 6.70. The molecule has 28 heavy (non-hydrogen) atoms. The molecule has 5 heteroatoms. The highest BCUT2D eigenvalue weighted by Crippen LogP contribution is 2.23. The van der Waals surface area contributed by atoms with E-state index in [4.69, 9.17) is 0 Å². The normalized spacial score (nSPS) is 11.1. The fraction of sp³-hybridized carbons (Fsp3) is 0.0435. The summed E-state index contributed by atoms with van der Waals surface area (Å²) in [6, 6.07) is 21.9. The summed E-state index contributed by atoms with van der Waals surface area (Å²) in [5.74, 6) is 0. The number of pyridine rings is 2. The Bertz CT molecular complexity index is 1360. The van der Waals surface area contributed by atoms with E-state index >= 15 is 0 Å². The third-order valence-electron chi connectivity index (χ3n) is 4.82. The lowest BCUT2D eigenvalue weighted by atomic mass is 10.0. The van der Waals surface area contributed by atoms with Gasteiger partial charge in [-0.05, 0) is 35.4 Å². The smallest absolute Gasteiger partial charge is 0.280 e. The van der Waals surface area contributed by atoms with Gasteiger partial charge in [-0.2, -0.15) is 0 Å². The summed E-state index contributed by atoms with van der Waals surface area (Å²) in [5.41, 5.74) is 5.04. The predicted octanol–water partition coefficient (Wildman–Crippen LogP) is 4.06. The van der Waals surface area contributed by atoms with E-state index in [0.29, 0.717) is 17.6 Å². The highest BCUT2D eigenvalue weighted by molar-refractivity contribution is 5.83. The Balaban J connectivity index is 1.45. The molecule has 0 aliphatic carbocycles. The van der Waals surface area contributed by atoms with E-state index in [1.165, 1.54) is 0 Å². The first-order valence-electron chi connectivity index (χ1n) is 9.02. The lowest BCUT2D eigenvalue weighted by molar-refractivity contribution is 0.746. The number of hydrogen-bond acceptors (Lipinski definition) is 4. The van der Waals surface area contributed by atoms with E-state index in [1.54, 1.807) is 29.2 Å². The van der Waals surface area contributed by atoms with Crippen LogP contribution in [0.1, 0.15) is 5.56 Å². The molecule has 0 atom stereocenters. The van der Waals surface area contributed by atoms with Gasteiger partial charge in [-0.3, -0.25) is 14.3 Å². The monoisotopic (exact) mass is 364 g/mol. The van der Waals surface area contributed by atoms with Gasteiger partial charge in [0.05, 0.1) is 23.9 Å². The minimum Gasteiger partial charge on any atom is -0.293 e. The van der Waals surface area contributed by atoms with Crippen LogP contribution in [0.15, 0.2) is 90.2 Å². The van der Waals surface area contributed by atoms with E-state index < -0.39 is 0 Å². The van der Waals surface area contributed by atoms with Gasteiger partial charge in [-0.1, -0.05) is 42.5 Å². The Hall–Kier alpha value is -3.86. The van der Waals surface area contributed by atoms with Crippen molar-refractivity contribution in [1.82, 2.24) is 19.5 Å². The van der Waals surface area contributed by atoms with Crippen molar-refractivity contribution in [2.45, 2.75) is 6.54 Å². The third kappa shape index (κ3) is 2.93. The maximum atomic E-state index is 12.6. The second-order valence-electron chi connectivity index (χ2n) is 6.66. The molecule has 5 rings (SSSR count). The Morgan fingerprint density at radius 2 is 1.61 bits per heavy atom. The largest absolute Gasteiger partial charge is 0.293 e. The lowest BCUT2D eigenvalue weighted by Gasteiger charge is -2.08. The molecule has 0 unspecified atom stereocenters. The zero-order valence-corrected chi connectivity index (χ0v) is 15.0. The average molecular weight is 364 g/mol. The van der Waals surface area contributed by atoms with E-state index in [9.17, 15) is 4.79 Å². The van der Waals surface area contributed by atoms with Crippen LogP contribution in [0.2, 0.25) is 0 Å². The lowest BCUT2D eigenvalue weighted by Crippen LogP contribution is -2.21. The topological polar surface area (TPSA) is 60.7 Å². The molecule has 0 N–H and O–H groups in total. The van der Waals surface area contributed by atoms with Gasteiger partial charge in [-0.25, -0.2) is 9.97 Å². The molecule has 0 bridgehead atoms. The maximum Gasteiger partial charge on any atom is 0.280 e. The van der Waals surface area contributed by atoms with Crippen molar-refractivity contribution in [1.29, 1.82) is 0 Å². The maximum absolute atomic E-state index is 12.6. The summed E-state index contributed by atoms with van der Waals surface area (Å²) in [6.45, 7) is 0.453. The van der Waals surface area contributed by atoms with Crippen molar-refractivity contribution < 1.29 is 0 Å². The molecular formula is C23H16N4O. The standard InChI is InChI=1S/C23H16N4O/c28-23-22-21(6-3-11-24-22)26-15-27(23)14-16-7-9-17(10-8-16)19-12-18-4-1-2-5-20(18)25-13-19/h1-13,15H,14H2. The van der Waals surface area contributed by atoms with Crippen LogP contribution >= 0.6 is 0 Å². The quantitative estimate of drug-likeness (QED) is 0.484. The zero-order valence-electron chi connectivity index (χ0n) is 15.0. The Morgan fingerprint density at radius 1 is 0.786 bits per heavy atom. The van der Waals surface area contributed by atoms with E-state index in [0.717, 1.165) is 27.6 Å². The average Bonchev–Trinajstić information content (AvgIpc) is 2.76. The van der Waals surface area contributed by atoms with Gasteiger partial charge >= 0.3 is 0 Å². The number of para-hydroxylation sites is 1. The fourth-order valence-electron chi connectivity index (χ4n) is 3.33. The molecule has 0 aliphatic rings. The molecule has 0 fully saturated rings. The number of rotatable bonds is 3. The van der Waals surface area contributed by atoms with Crippen LogP contribution in [-0.4, -0.2) is 19.5 Å². The van der Waals surface area contributed by atoms with E-state index in [-0.39, 0.29) is 5.56 Å². The van der Waals surface area contributed by atoms with Crippen LogP contribution in [0.5, 0.6) is 0 Å². The van der Waals surface area contributed by atoms with Crippen LogP contribution in [0.4, 0.5) is 0 Å². The third-order valence-corrected chi connectivity index (χ3v) is 4.82. The van der Waals surface area contributed by atoms with Crippen molar-refractivity contribution in [2.75, 3.05) is 0 Å². The molecule has 3 heterocycles. The minimum absolute atomic E-state index is 0.131. The van der Waals surface area contributed by atoms with Gasteiger partial charge in [0, 0.05) is 23.3 Å². The van der Waals surface area contributed by atoms with Gasteiger partial charge in [0.2, 0.25) is 0 Å². The molecule has 0 radical (unpaired) electrons. The van der Waals surface area contributed by atoms with Gasteiger partial charge in [0.25, 0.3) is 5.56 Å². The summed E-state index contributed by atoms with van der Waals surface area (Å²) in [6.07, 6.45) is 5.08. The van der Waals surface area contributed by atoms with Crippen molar-refractivity contribution in [2.24, 2.45) is 0 Å². The molecule has 3 aromatic heterocycles. The molecule has 2 aromatic carbocycles. The van der Waals surface area contributed by atoms with Gasteiger partial charge in [0.1, 0.15) is 0 Å². The molecule has 0 saturated heterocycles. The summed E-state index contributed by atoms with van der Waals surface area (Å²) in [7, 11) is 0. The van der Waals surface area contributed by atoms with Crippen molar-refractivity contribution >= 4 is 21.9 Å². The predicted molar refractivity (Wildman–Crippen MR) is 110 cm³/mol. The summed E-state index contributed by atoms with van der Waals surface area (Å²) < 4.78 is 1.59. The summed E-state index contributed by atoms with van der Waals surface area (Å²) >= 11 is 0. The first kappa shape index (κ1) is 16.3.